The minimum atomic E-state index is -0.137. The predicted octanol–water partition coefficient (Wildman–Crippen LogP) is 1.66. The Kier molecular flexibility index (Phi) is 5.24. The summed E-state index contributed by atoms with van der Waals surface area (Å²) in [4.78, 5) is 0. The number of hydrogen-bond acceptors (Lipinski definition) is 3. The smallest absolute Gasteiger partial charge is 0.156 e. The summed E-state index contributed by atoms with van der Waals surface area (Å²) >= 11 is 4.03. The third-order valence-electron chi connectivity index (χ3n) is 0.790. The molecule has 0 saturated carbocycles. The molecule has 0 aromatic heterocycles. The first-order valence-corrected chi connectivity index (χ1v) is 3.63. The molecular weight excluding hydrogens is 136 g/mol. The molecule has 0 aliphatic rings. The highest BCUT2D eigenvalue weighted by Gasteiger charge is 2.01. The average Bonchev–Trinajstić information content (AvgIpc) is 1.63. The molecule has 3 heteroatoms. The van der Waals surface area contributed by atoms with Gasteiger partial charge in [-0.25, -0.2) is 0 Å². The van der Waals surface area contributed by atoms with Gasteiger partial charge < -0.3 is 9.47 Å². The van der Waals surface area contributed by atoms with Crippen molar-refractivity contribution in [3.8, 4) is 0 Å². The second-order valence-corrected chi connectivity index (χ2v) is 2.49. The molecule has 9 heavy (non-hydrogen) atoms. The van der Waals surface area contributed by atoms with Gasteiger partial charge in [0.2, 0.25) is 0 Å². The lowest BCUT2D eigenvalue weighted by atomic mass is 10.7. The molecule has 0 heterocycles. The Bertz CT molecular complexity index is 66.1. The fourth-order valence-electron chi connectivity index (χ4n) is 0.551. The van der Waals surface area contributed by atoms with E-state index >= 15 is 0 Å². The SMILES string of the molecule is CCOC(C)OC(C)S. The van der Waals surface area contributed by atoms with Gasteiger partial charge in [0.05, 0.1) is 0 Å². The topological polar surface area (TPSA) is 18.5 Å². The van der Waals surface area contributed by atoms with Crippen molar-refractivity contribution in [2.75, 3.05) is 6.61 Å². The van der Waals surface area contributed by atoms with Crippen LogP contribution in [0.2, 0.25) is 0 Å². The maximum Gasteiger partial charge on any atom is 0.156 e. The van der Waals surface area contributed by atoms with E-state index in [0.29, 0.717) is 6.61 Å². The Labute approximate surface area is 61.9 Å². The zero-order valence-corrected chi connectivity index (χ0v) is 7.02. The van der Waals surface area contributed by atoms with Gasteiger partial charge in [0, 0.05) is 6.61 Å². The average molecular weight is 150 g/mol. The van der Waals surface area contributed by atoms with Crippen molar-refractivity contribution in [3.63, 3.8) is 0 Å². The Morgan fingerprint density at radius 1 is 1.44 bits per heavy atom. The summed E-state index contributed by atoms with van der Waals surface area (Å²) < 4.78 is 10.2. The van der Waals surface area contributed by atoms with Crippen molar-refractivity contribution in [1.29, 1.82) is 0 Å². The quantitative estimate of drug-likeness (QED) is 0.485. The summed E-state index contributed by atoms with van der Waals surface area (Å²) in [6.07, 6.45) is -0.137. The van der Waals surface area contributed by atoms with Gasteiger partial charge in [0.1, 0.15) is 5.44 Å². The summed E-state index contributed by atoms with van der Waals surface area (Å²) in [5.41, 5.74) is -0.0495. The largest absolute Gasteiger partial charge is 0.353 e. The molecule has 56 valence electrons. The summed E-state index contributed by atoms with van der Waals surface area (Å²) in [7, 11) is 0. The zero-order chi connectivity index (χ0) is 7.28. The molecule has 0 aliphatic carbocycles. The molecule has 0 rings (SSSR count). The third-order valence-corrected chi connectivity index (χ3v) is 0.912. The van der Waals surface area contributed by atoms with E-state index in [1.165, 1.54) is 0 Å². The standard InChI is InChI=1S/C6H14O2S/c1-4-7-5(2)8-6(3)9/h5-6,9H,4H2,1-3H3. The Balaban J connectivity index is 3.15. The van der Waals surface area contributed by atoms with Crippen molar-refractivity contribution in [3.05, 3.63) is 0 Å². The summed E-state index contributed by atoms with van der Waals surface area (Å²) in [5.74, 6) is 0. The lowest BCUT2D eigenvalue weighted by Crippen LogP contribution is -2.15. The number of hydrogen-bond donors (Lipinski definition) is 1. The van der Waals surface area contributed by atoms with Crippen molar-refractivity contribution >= 4 is 12.6 Å². The van der Waals surface area contributed by atoms with E-state index in [2.05, 4.69) is 12.6 Å². The molecular formula is C6H14O2S. The van der Waals surface area contributed by atoms with Crippen LogP contribution in [-0.2, 0) is 9.47 Å². The van der Waals surface area contributed by atoms with Gasteiger partial charge in [-0.2, -0.15) is 0 Å². The van der Waals surface area contributed by atoms with Crippen LogP contribution in [0.1, 0.15) is 20.8 Å². The second-order valence-electron chi connectivity index (χ2n) is 1.76. The van der Waals surface area contributed by atoms with E-state index < -0.39 is 0 Å². The normalized spacial score (nSPS) is 17.3. The Morgan fingerprint density at radius 2 is 2.00 bits per heavy atom. The number of thiol groups is 1. The van der Waals surface area contributed by atoms with Crippen molar-refractivity contribution in [2.24, 2.45) is 0 Å². The molecule has 0 radical (unpaired) electrons. The molecule has 0 spiro atoms. The number of rotatable bonds is 4. The third kappa shape index (κ3) is 6.15. The van der Waals surface area contributed by atoms with Gasteiger partial charge in [-0.15, -0.1) is 12.6 Å². The van der Waals surface area contributed by atoms with E-state index in [4.69, 9.17) is 9.47 Å². The zero-order valence-electron chi connectivity index (χ0n) is 6.13. The van der Waals surface area contributed by atoms with Crippen LogP contribution in [-0.4, -0.2) is 18.3 Å². The van der Waals surface area contributed by atoms with Gasteiger partial charge in [-0.3, -0.25) is 0 Å². The molecule has 0 amide bonds. The van der Waals surface area contributed by atoms with Crippen LogP contribution in [0.15, 0.2) is 0 Å². The van der Waals surface area contributed by atoms with Gasteiger partial charge in [0.25, 0.3) is 0 Å². The summed E-state index contributed by atoms with van der Waals surface area (Å²) in [5, 5.41) is 0. The maximum atomic E-state index is 5.13. The second kappa shape index (κ2) is 5.09. The van der Waals surface area contributed by atoms with Gasteiger partial charge in [-0.1, -0.05) is 0 Å². The van der Waals surface area contributed by atoms with Crippen molar-refractivity contribution in [1.82, 2.24) is 0 Å². The van der Waals surface area contributed by atoms with Crippen LogP contribution in [0.3, 0.4) is 0 Å². The first kappa shape index (κ1) is 9.27. The minimum Gasteiger partial charge on any atom is -0.353 e. The monoisotopic (exact) mass is 150 g/mol. The lowest BCUT2D eigenvalue weighted by Gasteiger charge is -2.14. The van der Waals surface area contributed by atoms with Crippen LogP contribution in [0.25, 0.3) is 0 Å². The summed E-state index contributed by atoms with van der Waals surface area (Å²) in [6, 6.07) is 0. The minimum absolute atomic E-state index is 0.0495. The van der Waals surface area contributed by atoms with Crippen LogP contribution in [0, 0.1) is 0 Å². The molecule has 0 aromatic rings. The van der Waals surface area contributed by atoms with E-state index in [0.717, 1.165) is 0 Å². The Hall–Kier alpha value is 0.270. The van der Waals surface area contributed by atoms with Gasteiger partial charge >= 0.3 is 0 Å². The first-order valence-electron chi connectivity index (χ1n) is 3.12. The van der Waals surface area contributed by atoms with E-state index in [9.17, 15) is 0 Å². The summed E-state index contributed by atoms with van der Waals surface area (Å²) in [6.45, 7) is 6.33. The fourth-order valence-corrected chi connectivity index (χ4v) is 0.723. The fraction of sp³-hybridized carbons (Fsp3) is 1.00. The molecule has 0 aliphatic heterocycles. The van der Waals surface area contributed by atoms with Gasteiger partial charge in [-0.05, 0) is 20.8 Å². The maximum absolute atomic E-state index is 5.13. The molecule has 2 atom stereocenters. The van der Waals surface area contributed by atoms with E-state index in [1.807, 2.05) is 20.8 Å². The van der Waals surface area contributed by atoms with Crippen LogP contribution in [0.5, 0.6) is 0 Å². The number of ether oxygens (including phenoxy) is 2. The molecule has 0 fully saturated rings. The molecule has 0 N–H and O–H groups in total. The van der Waals surface area contributed by atoms with Gasteiger partial charge in [0.15, 0.2) is 6.29 Å². The highest BCUT2D eigenvalue weighted by atomic mass is 32.1. The van der Waals surface area contributed by atoms with Crippen LogP contribution in [0.4, 0.5) is 0 Å². The van der Waals surface area contributed by atoms with Crippen molar-refractivity contribution < 1.29 is 9.47 Å². The Morgan fingerprint density at radius 3 is 2.33 bits per heavy atom. The molecule has 2 unspecified atom stereocenters. The highest BCUT2D eigenvalue weighted by Crippen LogP contribution is 2.01. The van der Waals surface area contributed by atoms with Crippen molar-refractivity contribution in [2.45, 2.75) is 32.5 Å². The molecule has 0 aromatic carbocycles. The molecule has 0 saturated heterocycles. The molecule has 2 nitrogen and oxygen atoms in total. The highest BCUT2D eigenvalue weighted by molar-refractivity contribution is 7.80. The van der Waals surface area contributed by atoms with Crippen LogP contribution < -0.4 is 0 Å². The van der Waals surface area contributed by atoms with Crippen LogP contribution >= 0.6 is 12.6 Å². The lowest BCUT2D eigenvalue weighted by molar-refractivity contribution is -0.131. The predicted molar refractivity (Wildman–Crippen MR) is 40.6 cm³/mol. The molecule has 0 bridgehead atoms. The first-order chi connectivity index (χ1) is 4.16. The van der Waals surface area contributed by atoms with E-state index in [1.54, 1.807) is 0 Å². The van der Waals surface area contributed by atoms with E-state index in [-0.39, 0.29) is 11.7 Å².